The smallest absolute Gasteiger partial charge is 0.159 e. The summed E-state index contributed by atoms with van der Waals surface area (Å²) in [5, 5.41) is 7.06. The van der Waals surface area contributed by atoms with Crippen LogP contribution in [0.2, 0.25) is 0 Å². The zero-order chi connectivity index (χ0) is 42.4. The van der Waals surface area contributed by atoms with Gasteiger partial charge in [-0.1, -0.05) is 218 Å². The zero-order valence-electron chi connectivity index (χ0n) is 35.0. The number of anilines is 3. The highest BCUT2D eigenvalue weighted by Gasteiger charge is 2.22. The van der Waals surface area contributed by atoms with E-state index in [-0.39, 0.29) is 0 Å². The SMILES string of the molecule is c1ccc(-c2ccc(-c3cccc4c3oc3c(N(c5cccc(-c6cccc7ccccc67)c5)c5cccc(-c6ccc(-c7ccccc7)c7ccccc67)c5)cccc34)cc2)cc1. The van der Waals surface area contributed by atoms with Gasteiger partial charge in [0, 0.05) is 27.7 Å². The normalized spacial score (nSPS) is 11.4. The van der Waals surface area contributed by atoms with Crippen LogP contribution in [0, 0.1) is 0 Å². The average molecular weight is 816 g/mol. The van der Waals surface area contributed by atoms with Gasteiger partial charge in [-0.25, -0.2) is 0 Å². The molecule has 0 atom stereocenters. The first kappa shape index (κ1) is 37.3. The summed E-state index contributed by atoms with van der Waals surface area (Å²) in [5.74, 6) is 0. The second kappa shape index (κ2) is 15.8. The van der Waals surface area contributed by atoms with E-state index >= 15 is 0 Å². The second-order valence-electron chi connectivity index (χ2n) is 16.4. The molecule has 0 saturated heterocycles. The zero-order valence-corrected chi connectivity index (χ0v) is 35.0. The largest absolute Gasteiger partial charge is 0.453 e. The summed E-state index contributed by atoms with van der Waals surface area (Å²) in [6.07, 6.45) is 0. The van der Waals surface area contributed by atoms with E-state index in [1.165, 1.54) is 54.9 Å². The van der Waals surface area contributed by atoms with Crippen molar-refractivity contribution in [1.29, 1.82) is 0 Å². The predicted molar refractivity (Wildman–Crippen MR) is 271 cm³/mol. The Morgan fingerprint density at radius 1 is 0.250 bits per heavy atom. The summed E-state index contributed by atoms with van der Waals surface area (Å²) in [5.41, 5.74) is 16.4. The van der Waals surface area contributed by atoms with Crippen LogP contribution < -0.4 is 4.90 Å². The van der Waals surface area contributed by atoms with Gasteiger partial charge in [0.05, 0.1) is 5.69 Å². The number of benzene rings is 11. The van der Waals surface area contributed by atoms with Gasteiger partial charge in [0.15, 0.2) is 5.58 Å². The third-order valence-electron chi connectivity index (χ3n) is 12.7. The summed E-state index contributed by atoms with van der Waals surface area (Å²) < 4.78 is 7.17. The molecule has 0 amide bonds. The lowest BCUT2D eigenvalue weighted by Gasteiger charge is -2.27. The van der Waals surface area contributed by atoms with E-state index < -0.39 is 0 Å². The van der Waals surface area contributed by atoms with Gasteiger partial charge < -0.3 is 9.32 Å². The number of furan rings is 1. The van der Waals surface area contributed by atoms with Crippen molar-refractivity contribution < 1.29 is 4.42 Å². The highest BCUT2D eigenvalue weighted by Crippen LogP contribution is 2.46. The molecule has 12 rings (SSSR count). The Morgan fingerprint density at radius 2 is 0.672 bits per heavy atom. The van der Waals surface area contributed by atoms with Crippen molar-refractivity contribution in [3.8, 4) is 55.6 Å². The molecule has 0 aliphatic carbocycles. The first-order valence-corrected chi connectivity index (χ1v) is 21.9. The molecule has 0 saturated carbocycles. The third-order valence-corrected chi connectivity index (χ3v) is 12.7. The van der Waals surface area contributed by atoms with Crippen LogP contribution in [-0.2, 0) is 0 Å². The van der Waals surface area contributed by atoms with Crippen molar-refractivity contribution >= 4 is 60.5 Å². The maximum absolute atomic E-state index is 7.17. The van der Waals surface area contributed by atoms with Crippen molar-refractivity contribution in [3.63, 3.8) is 0 Å². The molecule has 0 aliphatic heterocycles. The molecule has 0 N–H and O–H groups in total. The lowest BCUT2D eigenvalue weighted by atomic mass is 9.92. The van der Waals surface area contributed by atoms with E-state index in [2.05, 4.69) is 254 Å². The van der Waals surface area contributed by atoms with Crippen LogP contribution in [0.1, 0.15) is 0 Å². The number of hydrogen-bond donors (Lipinski definition) is 0. The molecule has 300 valence electrons. The highest BCUT2D eigenvalue weighted by atomic mass is 16.3. The fourth-order valence-electron chi connectivity index (χ4n) is 9.63. The molecule has 1 aromatic heterocycles. The maximum atomic E-state index is 7.17. The Bertz CT molecular complexity index is 3660. The molecular formula is C62H41NO. The van der Waals surface area contributed by atoms with Crippen molar-refractivity contribution in [1.82, 2.24) is 0 Å². The fourth-order valence-corrected chi connectivity index (χ4v) is 9.63. The quantitative estimate of drug-likeness (QED) is 0.152. The van der Waals surface area contributed by atoms with Crippen LogP contribution in [0.5, 0.6) is 0 Å². The van der Waals surface area contributed by atoms with Crippen LogP contribution in [0.3, 0.4) is 0 Å². The molecule has 0 radical (unpaired) electrons. The predicted octanol–water partition coefficient (Wildman–Crippen LogP) is 17.7. The Balaban J connectivity index is 1.04. The molecule has 11 aromatic carbocycles. The number of hydrogen-bond acceptors (Lipinski definition) is 2. The van der Waals surface area contributed by atoms with Gasteiger partial charge >= 0.3 is 0 Å². The lowest BCUT2D eigenvalue weighted by Crippen LogP contribution is -2.10. The molecule has 0 spiro atoms. The monoisotopic (exact) mass is 815 g/mol. The number of rotatable bonds is 8. The molecule has 0 aliphatic rings. The van der Waals surface area contributed by atoms with Gasteiger partial charge in [0.25, 0.3) is 0 Å². The molecule has 2 nitrogen and oxygen atoms in total. The van der Waals surface area contributed by atoms with Gasteiger partial charge in [-0.3, -0.25) is 0 Å². The minimum Gasteiger partial charge on any atom is -0.453 e. The van der Waals surface area contributed by atoms with Crippen LogP contribution in [0.25, 0.3) is 99.1 Å². The van der Waals surface area contributed by atoms with Gasteiger partial charge in [0.1, 0.15) is 5.58 Å². The summed E-state index contributed by atoms with van der Waals surface area (Å²) in [6, 6.07) is 89.5. The molecular weight excluding hydrogens is 775 g/mol. The van der Waals surface area contributed by atoms with E-state index in [0.717, 1.165) is 61.3 Å². The second-order valence-corrected chi connectivity index (χ2v) is 16.4. The van der Waals surface area contributed by atoms with Gasteiger partial charge in [-0.15, -0.1) is 0 Å². The van der Waals surface area contributed by atoms with Gasteiger partial charge in [0.2, 0.25) is 0 Å². The van der Waals surface area contributed by atoms with Crippen LogP contribution in [0.4, 0.5) is 17.1 Å². The van der Waals surface area contributed by atoms with E-state index in [9.17, 15) is 0 Å². The van der Waals surface area contributed by atoms with E-state index in [1.54, 1.807) is 0 Å². The standard InChI is InChI=1S/C62H41NO/c1-3-16-42(17-4-1)43-34-36-46(37-35-43)55-30-14-31-58-59-32-15-33-60(62(59)64-61(55)58)63(49-24-11-22-47(40-49)52-29-13-21-45-20-7-8-26-51(45)52)50-25-12-23-48(41-50)54-39-38-53(44-18-5-2-6-19-44)56-27-9-10-28-57(54)56/h1-41H. The first-order chi connectivity index (χ1) is 31.7. The van der Waals surface area contributed by atoms with E-state index in [4.69, 9.17) is 4.42 Å². The molecule has 0 unspecified atom stereocenters. The van der Waals surface area contributed by atoms with Gasteiger partial charge in [-0.05, 0) is 102 Å². The first-order valence-electron chi connectivity index (χ1n) is 21.9. The van der Waals surface area contributed by atoms with Gasteiger partial charge in [-0.2, -0.15) is 0 Å². The Morgan fingerprint density at radius 3 is 1.36 bits per heavy atom. The minimum absolute atomic E-state index is 0.837. The molecule has 0 bridgehead atoms. The van der Waals surface area contributed by atoms with Crippen molar-refractivity contribution in [2.24, 2.45) is 0 Å². The van der Waals surface area contributed by atoms with E-state index in [0.29, 0.717) is 0 Å². The Kier molecular flexibility index (Phi) is 9.20. The van der Waals surface area contributed by atoms with E-state index in [1.807, 2.05) is 0 Å². The number of para-hydroxylation sites is 2. The van der Waals surface area contributed by atoms with Crippen molar-refractivity contribution in [2.45, 2.75) is 0 Å². The summed E-state index contributed by atoms with van der Waals surface area (Å²) >= 11 is 0. The molecule has 12 aromatic rings. The number of nitrogens with zero attached hydrogens (tertiary/aromatic N) is 1. The van der Waals surface area contributed by atoms with Crippen molar-refractivity contribution in [2.75, 3.05) is 4.90 Å². The average Bonchev–Trinajstić information content (AvgIpc) is 3.77. The Labute approximate surface area is 372 Å². The summed E-state index contributed by atoms with van der Waals surface area (Å²) in [4.78, 5) is 2.37. The van der Waals surface area contributed by atoms with Crippen LogP contribution >= 0.6 is 0 Å². The molecule has 1 heterocycles. The molecule has 2 heteroatoms. The third kappa shape index (κ3) is 6.52. The Hall–Kier alpha value is -8.46. The minimum atomic E-state index is 0.837. The maximum Gasteiger partial charge on any atom is 0.159 e. The van der Waals surface area contributed by atoms with Crippen molar-refractivity contribution in [3.05, 3.63) is 249 Å². The van der Waals surface area contributed by atoms with Crippen LogP contribution in [-0.4, -0.2) is 0 Å². The number of fused-ring (bicyclic) bond motifs is 5. The fraction of sp³-hybridized carbons (Fsp3) is 0. The topological polar surface area (TPSA) is 16.4 Å². The van der Waals surface area contributed by atoms with Crippen LogP contribution in [0.15, 0.2) is 253 Å². The highest BCUT2D eigenvalue weighted by molar-refractivity contribution is 6.14. The molecule has 0 fully saturated rings. The lowest BCUT2D eigenvalue weighted by molar-refractivity contribution is 0.670. The summed E-state index contributed by atoms with van der Waals surface area (Å²) in [7, 11) is 0. The molecule has 64 heavy (non-hydrogen) atoms. The summed E-state index contributed by atoms with van der Waals surface area (Å²) in [6.45, 7) is 0.